The van der Waals surface area contributed by atoms with Gasteiger partial charge in [0.2, 0.25) is 0 Å². The normalized spacial score (nSPS) is 10.9. The van der Waals surface area contributed by atoms with Crippen LogP contribution >= 0.6 is 11.8 Å². The monoisotopic (exact) mass is 265 g/mol. The quantitative estimate of drug-likeness (QED) is 0.650. The molecule has 2 aromatic carbocycles. The second-order valence-corrected chi connectivity index (χ2v) is 5.04. The van der Waals surface area contributed by atoms with Crippen LogP contribution < -0.4 is 5.73 Å². The molecule has 0 heterocycles. The molecule has 0 aliphatic rings. The topological polar surface area (TPSA) is 26.0 Å². The highest BCUT2D eigenvalue weighted by Gasteiger charge is 2.05. The molecule has 4 heteroatoms. The first-order valence-electron chi connectivity index (χ1n) is 5.47. The van der Waals surface area contributed by atoms with Crippen molar-refractivity contribution in [1.29, 1.82) is 0 Å². The maximum atomic E-state index is 12.2. The van der Waals surface area contributed by atoms with Gasteiger partial charge in [0, 0.05) is 10.6 Å². The summed E-state index contributed by atoms with van der Waals surface area (Å²) in [5.74, 6) is -2.38. The van der Waals surface area contributed by atoms with Crippen LogP contribution in [0.2, 0.25) is 0 Å². The summed E-state index contributed by atoms with van der Waals surface area (Å²) in [6, 6.07) is 12.9. The van der Waals surface area contributed by atoms with E-state index in [0.29, 0.717) is 16.7 Å². The molecule has 0 aromatic heterocycles. The maximum absolute atomic E-state index is 12.2. The van der Waals surface area contributed by atoms with E-state index in [2.05, 4.69) is 0 Å². The van der Waals surface area contributed by atoms with E-state index < -0.39 is 5.76 Å². The molecule has 2 rings (SSSR count). The lowest BCUT2D eigenvalue weighted by Crippen LogP contribution is -1.90. The number of rotatable bonds is 3. The number of nitrogen functional groups attached to an aromatic ring is 1. The number of hydrogen-bond acceptors (Lipinski definition) is 2. The van der Waals surface area contributed by atoms with E-state index in [0.717, 1.165) is 22.4 Å². The third-order valence-corrected chi connectivity index (χ3v) is 3.41. The molecule has 0 amide bonds. The Morgan fingerprint density at radius 1 is 1.00 bits per heavy atom. The minimum atomic E-state index is -2.38. The maximum Gasteiger partial charge on any atom is 0.288 e. The summed E-state index contributed by atoms with van der Waals surface area (Å²) in [4.78, 5) is 0.564. The van der Waals surface area contributed by atoms with Crippen LogP contribution in [0.4, 0.5) is 14.5 Å². The van der Waals surface area contributed by atoms with Crippen LogP contribution in [0.15, 0.2) is 47.4 Å². The molecular weight excluding hydrogens is 252 g/mol. The minimum absolute atomic E-state index is 0.550. The number of anilines is 1. The van der Waals surface area contributed by atoms with Crippen molar-refractivity contribution >= 4 is 17.4 Å². The zero-order chi connectivity index (χ0) is 13.1. The lowest BCUT2D eigenvalue weighted by atomic mass is 10.0. The zero-order valence-corrected chi connectivity index (χ0v) is 10.7. The Labute approximate surface area is 109 Å². The van der Waals surface area contributed by atoms with Gasteiger partial charge < -0.3 is 5.73 Å². The molecule has 0 aliphatic carbocycles. The van der Waals surface area contributed by atoms with Crippen LogP contribution in [-0.2, 0) is 0 Å². The third-order valence-electron chi connectivity index (χ3n) is 2.69. The van der Waals surface area contributed by atoms with Gasteiger partial charge in [-0.2, -0.15) is 8.78 Å². The number of aryl methyl sites for hydroxylation is 1. The summed E-state index contributed by atoms with van der Waals surface area (Å²) in [5.41, 5.74) is 9.58. The fourth-order valence-electron chi connectivity index (χ4n) is 1.65. The van der Waals surface area contributed by atoms with Gasteiger partial charge in [-0.25, -0.2) is 0 Å². The van der Waals surface area contributed by atoms with E-state index >= 15 is 0 Å². The number of nitrogens with two attached hydrogens (primary N) is 1. The van der Waals surface area contributed by atoms with Gasteiger partial charge in [-0.05, 0) is 41.8 Å². The smallest absolute Gasteiger partial charge is 0.288 e. The average Bonchev–Trinajstić information content (AvgIpc) is 2.33. The summed E-state index contributed by atoms with van der Waals surface area (Å²) in [6.45, 7) is 1.95. The Bertz CT molecular complexity index is 538. The fourth-order valence-corrected chi connectivity index (χ4v) is 2.15. The predicted molar refractivity (Wildman–Crippen MR) is 72.9 cm³/mol. The van der Waals surface area contributed by atoms with Crippen molar-refractivity contribution < 1.29 is 8.78 Å². The van der Waals surface area contributed by atoms with Crippen LogP contribution in [0.25, 0.3) is 11.1 Å². The van der Waals surface area contributed by atoms with Crippen molar-refractivity contribution in [2.75, 3.05) is 5.73 Å². The van der Waals surface area contributed by atoms with Gasteiger partial charge in [0.15, 0.2) is 0 Å². The highest BCUT2D eigenvalue weighted by molar-refractivity contribution is 7.99. The summed E-state index contributed by atoms with van der Waals surface area (Å²) in [7, 11) is 0. The lowest BCUT2D eigenvalue weighted by Gasteiger charge is -2.06. The Hall–Kier alpha value is -1.55. The standard InChI is InChI=1S/C14H13F2NS/c1-9-2-3-11(8-13(9)17)10-4-6-12(7-5-10)18-14(15)16/h2-8,14H,17H2,1H3. The van der Waals surface area contributed by atoms with E-state index in [1.165, 1.54) is 0 Å². The second kappa shape index (κ2) is 5.40. The Morgan fingerprint density at radius 3 is 2.17 bits per heavy atom. The van der Waals surface area contributed by atoms with Crippen LogP contribution in [0.5, 0.6) is 0 Å². The first-order chi connectivity index (χ1) is 8.56. The first-order valence-corrected chi connectivity index (χ1v) is 6.35. The molecule has 1 nitrogen and oxygen atoms in total. The van der Waals surface area contributed by atoms with Crippen LogP contribution in [0.3, 0.4) is 0 Å². The van der Waals surface area contributed by atoms with Gasteiger partial charge in [-0.3, -0.25) is 0 Å². The molecule has 0 saturated carbocycles. The molecule has 0 atom stereocenters. The van der Waals surface area contributed by atoms with E-state index in [1.54, 1.807) is 12.1 Å². The second-order valence-electron chi connectivity index (χ2n) is 3.97. The fraction of sp³-hybridized carbons (Fsp3) is 0.143. The van der Waals surface area contributed by atoms with E-state index in [4.69, 9.17) is 5.73 Å². The van der Waals surface area contributed by atoms with Crippen LogP contribution in [0.1, 0.15) is 5.56 Å². The molecule has 0 aliphatic heterocycles. The summed E-state index contributed by atoms with van der Waals surface area (Å²) in [5, 5.41) is 0. The van der Waals surface area contributed by atoms with Gasteiger partial charge in [0.25, 0.3) is 5.76 Å². The van der Waals surface area contributed by atoms with Crippen molar-refractivity contribution in [2.45, 2.75) is 17.6 Å². The highest BCUT2D eigenvalue weighted by Crippen LogP contribution is 2.29. The largest absolute Gasteiger partial charge is 0.398 e. The van der Waals surface area contributed by atoms with E-state index in [-0.39, 0.29) is 0 Å². The summed E-state index contributed by atoms with van der Waals surface area (Å²) < 4.78 is 24.4. The number of alkyl halides is 2. The Kier molecular flexibility index (Phi) is 3.87. The predicted octanol–water partition coefficient (Wildman–Crippen LogP) is 4.56. The molecule has 0 spiro atoms. The molecule has 94 valence electrons. The van der Waals surface area contributed by atoms with Gasteiger partial charge in [-0.15, -0.1) is 0 Å². The van der Waals surface area contributed by atoms with Gasteiger partial charge in [-0.1, -0.05) is 36.0 Å². The van der Waals surface area contributed by atoms with Gasteiger partial charge in [0.05, 0.1) is 0 Å². The van der Waals surface area contributed by atoms with Crippen molar-refractivity contribution in [3.8, 4) is 11.1 Å². The SMILES string of the molecule is Cc1ccc(-c2ccc(SC(F)F)cc2)cc1N. The zero-order valence-electron chi connectivity index (χ0n) is 9.86. The van der Waals surface area contributed by atoms with Crippen molar-refractivity contribution in [1.82, 2.24) is 0 Å². The first kappa shape index (κ1) is 12.9. The van der Waals surface area contributed by atoms with E-state index in [9.17, 15) is 8.78 Å². The number of benzene rings is 2. The summed E-state index contributed by atoms with van der Waals surface area (Å²) in [6.07, 6.45) is 0. The minimum Gasteiger partial charge on any atom is -0.398 e. The number of halogens is 2. The lowest BCUT2D eigenvalue weighted by molar-refractivity contribution is 0.252. The molecule has 0 radical (unpaired) electrons. The third kappa shape index (κ3) is 3.01. The molecule has 0 unspecified atom stereocenters. The molecule has 0 fully saturated rings. The summed E-state index contributed by atoms with van der Waals surface area (Å²) >= 11 is 0.550. The van der Waals surface area contributed by atoms with E-state index in [1.807, 2.05) is 37.3 Å². The molecule has 18 heavy (non-hydrogen) atoms. The van der Waals surface area contributed by atoms with Crippen molar-refractivity contribution in [3.63, 3.8) is 0 Å². The number of thioether (sulfide) groups is 1. The van der Waals surface area contributed by atoms with Crippen molar-refractivity contribution in [3.05, 3.63) is 48.0 Å². The molecule has 0 saturated heterocycles. The molecule has 0 bridgehead atoms. The van der Waals surface area contributed by atoms with Crippen LogP contribution in [0, 0.1) is 6.92 Å². The van der Waals surface area contributed by atoms with Gasteiger partial charge in [0.1, 0.15) is 0 Å². The van der Waals surface area contributed by atoms with Crippen LogP contribution in [-0.4, -0.2) is 5.76 Å². The molecular formula is C14H13F2NS. The van der Waals surface area contributed by atoms with Crippen molar-refractivity contribution in [2.24, 2.45) is 0 Å². The number of hydrogen-bond donors (Lipinski definition) is 1. The molecule has 2 aromatic rings. The molecule has 2 N–H and O–H groups in total. The Morgan fingerprint density at radius 2 is 1.61 bits per heavy atom. The van der Waals surface area contributed by atoms with Gasteiger partial charge >= 0.3 is 0 Å². The Balaban J connectivity index is 2.25. The average molecular weight is 265 g/mol. The highest BCUT2D eigenvalue weighted by atomic mass is 32.2.